The molecule has 36 heavy (non-hydrogen) atoms. The normalized spacial score (nSPS) is 33.2. The molecule has 0 unspecified atom stereocenters. The van der Waals surface area contributed by atoms with Crippen molar-refractivity contribution in [1.29, 1.82) is 0 Å². The molecule has 0 radical (unpaired) electrons. The molecule has 0 aromatic carbocycles. The van der Waals surface area contributed by atoms with Gasteiger partial charge in [0.15, 0.2) is 11.6 Å². The van der Waals surface area contributed by atoms with E-state index in [2.05, 4.69) is 5.32 Å². The minimum Gasteiger partial charge on any atom is -0.354 e. The van der Waals surface area contributed by atoms with Gasteiger partial charge in [0.05, 0.1) is 25.0 Å². The Bertz CT molecular complexity index is 1020. The van der Waals surface area contributed by atoms with E-state index >= 15 is 0 Å². The van der Waals surface area contributed by atoms with Gasteiger partial charge in [0.1, 0.15) is 12.5 Å². The minimum absolute atomic E-state index is 0.0505. The van der Waals surface area contributed by atoms with Gasteiger partial charge in [-0.25, -0.2) is 0 Å². The van der Waals surface area contributed by atoms with Crippen LogP contribution in [0.3, 0.4) is 0 Å². The Morgan fingerprint density at radius 2 is 1.44 bits per heavy atom. The van der Waals surface area contributed by atoms with Gasteiger partial charge in [-0.3, -0.25) is 33.8 Å². The lowest BCUT2D eigenvalue weighted by molar-refractivity contribution is -0.144. The Morgan fingerprint density at radius 3 is 2.00 bits per heavy atom. The van der Waals surface area contributed by atoms with E-state index in [9.17, 15) is 24.0 Å². The first kappa shape index (κ1) is 26.2. The van der Waals surface area contributed by atoms with Gasteiger partial charge in [-0.1, -0.05) is 13.8 Å². The Morgan fingerprint density at radius 1 is 0.917 bits per heavy atom. The van der Waals surface area contributed by atoms with Gasteiger partial charge < -0.3 is 14.8 Å². The van der Waals surface area contributed by atoms with Crippen molar-refractivity contribution in [3.8, 4) is 0 Å². The molecular weight excluding hydrogens is 466 g/mol. The third kappa shape index (κ3) is 5.44. The lowest BCUT2D eigenvalue weighted by Gasteiger charge is -2.29. The van der Waals surface area contributed by atoms with Crippen LogP contribution in [-0.4, -0.2) is 70.3 Å². The van der Waals surface area contributed by atoms with E-state index in [1.807, 2.05) is 13.8 Å². The molecule has 6 atom stereocenters. The average Bonchev–Trinajstić information content (AvgIpc) is 3.40. The van der Waals surface area contributed by atoms with Crippen molar-refractivity contribution in [3.05, 3.63) is 23.5 Å². The summed E-state index contributed by atoms with van der Waals surface area (Å²) >= 11 is 0. The molecule has 2 saturated heterocycles. The zero-order valence-electron chi connectivity index (χ0n) is 21.3. The summed E-state index contributed by atoms with van der Waals surface area (Å²) in [5, 5.41) is 2.96. The number of ketones is 2. The number of amides is 3. The van der Waals surface area contributed by atoms with Crippen LogP contribution in [0.25, 0.3) is 0 Å². The fourth-order valence-electron chi connectivity index (χ4n) is 5.35. The number of hydrogen-bond acceptors (Lipinski definition) is 7. The third-order valence-electron chi connectivity index (χ3n) is 7.62. The largest absolute Gasteiger partial charge is 0.354 e. The number of allylic oxidation sites excluding steroid dienone is 2. The smallest absolute Gasteiger partial charge is 0.236 e. The number of rotatable bonds is 7. The molecule has 0 saturated carbocycles. The summed E-state index contributed by atoms with van der Waals surface area (Å²) in [6.45, 7) is 7.71. The van der Waals surface area contributed by atoms with Crippen LogP contribution < -0.4 is 5.32 Å². The highest BCUT2D eigenvalue weighted by Gasteiger charge is 2.42. The van der Waals surface area contributed by atoms with Crippen LogP contribution in [-0.2, 0) is 33.4 Å². The molecule has 0 aliphatic carbocycles. The number of nitrogens with one attached hydrogen (secondary N) is 1. The summed E-state index contributed by atoms with van der Waals surface area (Å²) in [5.41, 5.74) is 1.06. The molecule has 4 heterocycles. The number of nitrogens with zero attached hydrogens (tertiary/aromatic N) is 2. The summed E-state index contributed by atoms with van der Waals surface area (Å²) in [6, 6.07) is 0. The van der Waals surface area contributed by atoms with Crippen molar-refractivity contribution in [2.24, 2.45) is 11.8 Å². The highest BCUT2D eigenvalue weighted by molar-refractivity contribution is 6.09. The third-order valence-corrected chi connectivity index (χ3v) is 7.62. The SMILES string of the molecule is CC[C@H]1O[C@@H](N2C=C(C)C(=O)CC2=O)C[C@H]1CC(=O)NC[C@H]1O[C@@H](N2C=C(C)C(=O)CC2=O)C[C@H]1C. The molecule has 196 valence electrons. The van der Waals surface area contributed by atoms with Crippen molar-refractivity contribution < 1.29 is 33.4 Å². The lowest BCUT2D eigenvalue weighted by atomic mass is 9.94. The van der Waals surface area contributed by atoms with E-state index in [-0.39, 0.29) is 72.6 Å². The maximum absolute atomic E-state index is 12.8. The first-order valence-electron chi connectivity index (χ1n) is 12.7. The Hall–Kier alpha value is -2.85. The minimum atomic E-state index is -0.479. The van der Waals surface area contributed by atoms with Gasteiger partial charge in [0.2, 0.25) is 17.7 Å². The molecule has 0 aromatic rings. The highest BCUT2D eigenvalue weighted by Crippen LogP contribution is 2.35. The van der Waals surface area contributed by atoms with E-state index in [1.54, 1.807) is 26.2 Å². The van der Waals surface area contributed by atoms with Gasteiger partial charge in [-0.2, -0.15) is 0 Å². The predicted octanol–water partition coefficient (Wildman–Crippen LogP) is 1.80. The summed E-state index contributed by atoms with van der Waals surface area (Å²) in [4.78, 5) is 64.1. The molecule has 0 spiro atoms. The number of Topliss-reactive ketones (excluding diaryl/α,β-unsaturated/α-hetero) is 2. The molecule has 4 aliphatic rings. The predicted molar refractivity (Wildman–Crippen MR) is 128 cm³/mol. The molecule has 1 N–H and O–H groups in total. The molecule has 0 aromatic heterocycles. The van der Waals surface area contributed by atoms with E-state index in [4.69, 9.17) is 9.47 Å². The number of carbonyl (C=O) groups excluding carboxylic acids is 5. The van der Waals surface area contributed by atoms with Crippen LogP contribution in [0.1, 0.15) is 66.2 Å². The quantitative estimate of drug-likeness (QED) is 0.528. The van der Waals surface area contributed by atoms with Crippen molar-refractivity contribution in [2.45, 2.75) is 90.9 Å². The molecule has 10 heteroatoms. The van der Waals surface area contributed by atoms with E-state index in [1.165, 1.54) is 9.80 Å². The monoisotopic (exact) mass is 501 g/mol. The van der Waals surface area contributed by atoms with Crippen molar-refractivity contribution in [3.63, 3.8) is 0 Å². The molecule has 0 bridgehead atoms. The van der Waals surface area contributed by atoms with Gasteiger partial charge in [0, 0.05) is 36.5 Å². The summed E-state index contributed by atoms with van der Waals surface area (Å²) in [6.07, 6.45) is 3.61. The van der Waals surface area contributed by atoms with Crippen molar-refractivity contribution >= 4 is 29.3 Å². The zero-order chi connectivity index (χ0) is 26.1. The van der Waals surface area contributed by atoms with Crippen molar-refractivity contribution in [1.82, 2.24) is 15.1 Å². The van der Waals surface area contributed by atoms with Gasteiger partial charge in [-0.05, 0) is 44.9 Å². The molecule has 4 rings (SSSR count). The first-order chi connectivity index (χ1) is 17.1. The molecule has 3 amide bonds. The molecular formula is C26H35N3O7. The van der Waals surface area contributed by atoms with Gasteiger partial charge in [0.25, 0.3) is 0 Å². The van der Waals surface area contributed by atoms with Gasteiger partial charge >= 0.3 is 0 Å². The fourth-order valence-corrected chi connectivity index (χ4v) is 5.35. The number of hydrogen-bond donors (Lipinski definition) is 1. The second kappa shape index (κ2) is 10.6. The maximum atomic E-state index is 12.8. The van der Waals surface area contributed by atoms with Crippen LogP contribution in [0.15, 0.2) is 23.5 Å². The Balaban J connectivity index is 1.29. The Kier molecular flexibility index (Phi) is 7.75. The van der Waals surface area contributed by atoms with Crippen LogP contribution >= 0.6 is 0 Å². The molecule has 10 nitrogen and oxygen atoms in total. The maximum Gasteiger partial charge on any atom is 0.236 e. The van der Waals surface area contributed by atoms with E-state index in [0.717, 1.165) is 0 Å². The fraction of sp³-hybridized carbons (Fsp3) is 0.654. The zero-order valence-corrected chi connectivity index (χ0v) is 21.3. The van der Waals surface area contributed by atoms with Crippen LogP contribution in [0.4, 0.5) is 0 Å². The summed E-state index contributed by atoms with van der Waals surface area (Å²) < 4.78 is 12.2. The van der Waals surface area contributed by atoms with Crippen molar-refractivity contribution in [2.75, 3.05) is 6.54 Å². The van der Waals surface area contributed by atoms with Crippen LogP contribution in [0.5, 0.6) is 0 Å². The summed E-state index contributed by atoms with van der Waals surface area (Å²) in [7, 11) is 0. The van der Waals surface area contributed by atoms with E-state index in [0.29, 0.717) is 37.0 Å². The number of ether oxygens (including phenoxy) is 2. The van der Waals surface area contributed by atoms with Crippen LogP contribution in [0.2, 0.25) is 0 Å². The topological polar surface area (TPSA) is 122 Å². The summed E-state index contributed by atoms with van der Waals surface area (Å²) in [5.74, 6) is -0.935. The molecule has 2 fully saturated rings. The average molecular weight is 502 g/mol. The molecule has 4 aliphatic heterocycles. The second-order valence-corrected chi connectivity index (χ2v) is 10.3. The number of carbonyl (C=O) groups is 5. The highest BCUT2D eigenvalue weighted by atomic mass is 16.5. The lowest BCUT2D eigenvalue weighted by Crippen LogP contribution is -2.41. The van der Waals surface area contributed by atoms with Crippen LogP contribution in [0, 0.1) is 11.8 Å². The van der Waals surface area contributed by atoms with Gasteiger partial charge in [-0.15, -0.1) is 0 Å². The second-order valence-electron chi connectivity index (χ2n) is 10.3. The first-order valence-corrected chi connectivity index (χ1v) is 12.7. The standard InChI is InChI=1S/C26H35N3O7/c1-5-20-17(8-26(35-20)29-13-16(4)19(31)10-24(29)34)7-22(32)27-11-21-14(2)6-25(36-21)28-12-15(3)18(30)9-23(28)33/h12-14,17,20-21,25-26H,5-11H2,1-4H3,(H,27,32)/t14-,17-,20-,21-,25-,26-/m1/s1. The Labute approximate surface area is 211 Å². The van der Waals surface area contributed by atoms with E-state index < -0.39 is 12.5 Å².